The number of aliphatic carboxylic acids is 1. The van der Waals surface area contributed by atoms with E-state index in [0.29, 0.717) is 22.6 Å². The molecule has 5 nitrogen and oxygen atoms in total. The van der Waals surface area contributed by atoms with E-state index in [9.17, 15) is 9.59 Å². The van der Waals surface area contributed by atoms with E-state index in [1.54, 1.807) is 48.5 Å². The Morgan fingerprint density at radius 2 is 1.75 bits per heavy atom. The molecule has 0 fully saturated rings. The molecule has 0 spiro atoms. The molecule has 0 unspecified atom stereocenters. The summed E-state index contributed by atoms with van der Waals surface area (Å²) in [7, 11) is 0. The van der Waals surface area contributed by atoms with Gasteiger partial charge in [-0.25, -0.2) is 0 Å². The lowest BCUT2D eigenvalue weighted by Gasteiger charge is -2.21. The van der Waals surface area contributed by atoms with E-state index in [1.807, 2.05) is 20.8 Å². The zero-order valence-electron chi connectivity index (χ0n) is 14.0. The molecule has 2 rings (SSSR count). The second-order valence-corrected chi connectivity index (χ2v) is 6.46. The summed E-state index contributed by atoms with van der Waals surface area (Å²) in [6.45, 7) is 5.87. The third-order valence-electron chi connectivity index (χ3n) is 3.08. The summed E-state index contributed by atoms with van der Waals surface area (Å²) < 4.78 is 5.72. The molecule has 24 heavy (non-hydrogen) atoms. The number of hydrogen-bond donors (Lipinski definition) is 2. The second-order valence-electron chi connectivity index (χ2n) is 6.46. The third-order valence-corrected chi connectivity index (χ3v) is 3.08. The highest BCUT2D eigenvalue weighted by atomic mass is 16.5. The average Bonchev–Trinajstić information content (AvgIpc) is 2.46. The lowest BCUT2D eigenvalue weighted by molar-refractivity contribution is -0.136. The largest absolute Gasteiger partial charge is 0.488 e. The molecular formula is C19H21NO4. The number of carbonyl (C=O) groups excluding carboxylic acids is 1. The summed E-state index contributed by atoms with van der Waals surface area (Å²) in [5, 5.41) is 11.6. The normalized spacial score (nSPS) is 11.0. The summed E-state index contributed by atoms with van der Waals surface area (Å²) in [6.07, 6.45) is -0.0808. The van der Waals surface area contributed by atoms with Gasteiger partial charge in [0.25, 0.3) is 5.91 Å². The van der Waals surface area contributed by atoms with Crippen molar-refractivity contribution in [2.75, 3.05) is 5.32 Å². The molecule has 2 N–H and O–H groups in total. The van der Waals surface area contributed by atoms with Crippen molar-refractivity contribution in [2.45, 2.75) is 32.8 Å². The van der Waals surface area contributed by atoms with Gasteiger partial charge < -0.3 is 15.2 Å². The second kappa shape index (κ2) is 7.17. The molecule has 0 radical (unpaired) electrons. The smallest absolute Gasteiger partial charge is 0.307 e. The molecule has 0 saturated heterocycles. The molecule has 0 aliphatic rings. The Hall–Kier alpha value is -2.82. The molecule has 1 amide bonds. The first kappa shape index (κ1) is 17.5. The van der Waals surface area contributed by atoms with Crippen LogP contribution in [0.3, 0.4) is 0 Å². The molecule has 0 aromatic heterocycles. The Kier molecular flexibility index (Phi) is 5.24. The van der Waals surface area contributed by atoms with Gasteiger partial charge in [-0.15, -0.1) is 0 Å². The number of benzene rings is 2. The number of anilines is 1. The lowest BCUT2D eigenvalue weighted by atomic mass is 10.1. The van der Waals surface area contributed by atoms with Crippen LogP contribution < -0.4 is 10.1 Å². The van der Waals surface area contributed by atoms with Crippen molar-refractivity contribution < 1.29 is 19.4 Å². The summed E-state index contributed by atoms with van der Waals surface area (Å²) in [5.74, 6) is -0.472. The maximum Gasteiger partial charge on any atom is 0.307 e. The number of carboxylic acid groups (broad SMARTS) is 1. The predicted octanol–water partition coefficient (Wildman–Crippen LogP) is 3.74. The van der Waals surface area contributed by atoms with Gasteiger partial charge in [0, 0.05) is 11.3 Å². The van der Waals surface area contributed by atoms with Gasteiger partial charge in [0.1, 0.15) is 11.4 Å². The fourth-order valence-corrected chi connectivity index (χ4v) is 2.16. The first-order chi connectivity index (χ1) is 11.2. The molecular weight excluding hydrogens is 306 g/mol. The zero-order chi connectivity index (χ0) is 17.7. The minimum atomic E-state index is -0.909. The Morgan fingerprint density at radius 1 is 1.08 bits per heavy atom. The third kappa shape index (κ3) is 5.43. The van der Waals surface area contributed by atoms with Gasteiger partial charge in [0.15, 0.2) is 0 Å². The zero-order valence-corrected chi connectivity index (χ0v) is 14.0. The van der Waals surface area contributed by atoms with E-state index in [1.165, 1.54) is 0 Å². The first-order valence-electron chi connectivity index (χ1n) is 7.64. The SMILES string of the molecule is CC(C)(C)Oc1ccc(C(=O)Nc2cccc(CC(=O)O)c2)cc1. The maximum atomic E-state index is 12.3. The Bertz CT molecular complexity index is 730. The number of hydrogen-bond acceptors (Lipinski definition) is 3. The maximum absolute atomic E-state index is 12.3. The van der Waals surface area contributed by atoms with Crippen LogP contribution in [-0.4, -0.2) is 22.6 Å². The number of carboxylic acids is 1. The van der Waals surface area contributed by atoms with Crippen LogP contribution in [0.2, 0.25) is 0 Å². The highest BCUT2D eigenvalue weighted by Crippen LogP contribution is 2.19. The van der Waals surface area contributed by atoms with Crippen LogP contribution >= 0.6 is 0 Å². The van der Waals surface area contributed by atoms with Crippen LogP contribution in [0, 0.1) is 0 Å². The number of carbonyl (C=O) groups is 2. The van der Waals surface area contributed by atoms with Crippen LogP contribution in [0.15, 0.2) is 48.5 Å². The van der Waals surface area contributed by atoms with Crippen LogP contribution in [0.25, 0.3) is 0 Å². The van der Waals surface area contributed by atoms with E-state index in [2.05, 4.69) is 5.32 Å². The topological polar surface area (TPSA) is 75.6 Å². The number of rotatable bonds is 5. The molecule has 0 aliphatic heterocycles. The lowest BCUT2D eigenvalue weighted by Crippen LogP contribution is -2.23. The van der Waals surface area contributed by atoms with Gasteiger partial charge in [-0.05, 0) is 62.7 Å². The average molecular weight is 327 g/mol. The highest BCUT2D eigenvalue weighted by Gasteiger charge is 2.12. The van der Waals surface area contributed by atoms with Gasteiger partial charge >= 0.3 is 5.97 Å². The van der Waals surface area contributed by atoms with Crippen LogP contribution in [0.4, 0.5) is 5.69 Å². The molecule has 126 valence electrons. The molecule has 0 saturated carbocycles. The van der Waals surface area contributed by atoms with Crippen molar-refractivity contribution in [1.29, 1.82) is 0 Å². The molecule has 2 aromatic carbocycles. The Morgan fingerprint density at radius 3 is 2.33 bits per heavy atom. The monoisotopic (exact) mass is 327 g/mol. The van der Waals surface area contributed by atoms with E-state index in [4.69, 9.17) is 9.84 Å². The van der Waals surface area contributed by atoms with Gasteiger partial charge in [0.05, 0.1) is 6.42 Å². The molecule has 0 heterocycles. The van der Waals surface area contributed by atoms with E-state index < -0.39 is 5.97 Å². The summed E-state index contributed by atoms with van der Waals surface area (Å²) >= 11 is 0. The Balaban J connectivity index is 2.06. The summed E-state index contributed by atoms with van der Waals surface area (Å²) in [5.41, 5.74) is 1.40. The predicted molar refractivity (Wildman–Crippen MR) is 92.6 cm³/mol. The molecule has 0 aliphatic carbocycles. The van der Waals surface area contributed by atoms with Gasteiger partial charge in [-0.1, -0.05) is 12.1 Å². The highest BCUT2D eigenvalue weighted by molar-refractivity contribution is 6.04. The van der Waals surface area contributed by atoms with Crippen molar-refractivity contribution in [3.05, 3.63) is 59.7 Å². The number of ether oxygens (including phenoxy) is 1. The number of amides is 1. The quantitative estimate of drug-likeness (QED) is 0.877. The molecule has 5 heteroatoms. The fraction of sp³-hybridized carbons (Fsp3) is 0.263. The van der Waals surface area contributed by atoms with Crippen molar-refractivity contribution in [3.63, 3.8) is 0 Å². The van der Waals surface area contributed by atoms with Crippen LogP contribution in [0.5, 0.6) is 5.75 Å². The van der Waals surface area contributed by atoms with Crippen molar-refractivity contribution in [3.8, 4) is 5.75 Å². The van der Waals surface area contributed by atoms with Gasteiger partial charge in [-0.3, -0.25) is 9.59 Å². The summed E-state index contributed by atoms with van der Waals surface area (Å²) in [4.78, 5) is 23.0. The standard InChI is InChI=1S/C19H21NO4/c1-19(2,3)24-16-9-7-14(8-10-16)18(23)20-15-6-4-5-13(11-15)12-17(21)22/h4-11H,12H2,1-3H3,(H,20,23)(H,21,22). The van der Waals surface area contributed by atoms with E-state index in [0.717, 1.165) is 0 Å². The van der Waals surface area contributed by atoms with Crippen LogP contribution in [0.1, 0.15) is 36.7 Å². The van der Waals surface area contributed by atoms with E-state index in [-0.39, 0.29) is 17.9 Å². The molecule has 2 aromatic rings. The van der Waals surface area contributed by atoms with Crippen molar-refractivity contribution >= 4 is 17.6 Å². The van der Waals surface area contributed by atoms with Gasteiger partial charge in [-0.2, -0.15) is 0 Å². The van der Waals surface area contributed by atoms with Gasteiger partial charge in [0.2, 0.25) is 0 Å². The van der Waals surface area contributed by atoms with Crippen molar-refractivity contribution in [1.82, 2.24) is 0 Å². The fourth-order valence-electron chi connectivity index (χ4n) is 2.16. The van der Waals surface area contributed by atoms with Crippen molar-refractivity contribution in [2.24, 2.45) is 0 Å². The molecule has 0 bridgehead atoms. The molecule has 0 atom stereocenters. The Labute approximate surface area is 141 Å². The van der Waals surface area contributed by atoms with Crippen LogP contribution in [-0.2, 0) is 11.2 Å². The minimum Gasteiger partial charge on any atom is -0.488 e. The minimum absolute atomic E-state index is 0.0808. The first-order valence-corrected chi connectivity index (χ1v) is 7.64. The summed E-state index contributed by atoms with van der Waals surface area (Å²) in [6, 6.07) is 13.7. The number of nitrogens with one attached hydrogen (secondary N) is 1. The van der Waals surface area contributed by atoms with E-state index >= 15 is 0 Å².